The van der Waals surface area contributed by atoms with Crippen LogP contribution in [0, 0.1) is 10.1 Å². The van der Waals surface area contributed by atoms with Gasteiger partial charge in [-0.3, -0.25) is 10.1 Å². The molecule has 0 spiro atoms. The monoisotopic (exact) mass is 527 g/mol. The van der Waals surface area contributed by atoms with Crippen LogP contribution in [0.5, 0.6) is 11.5 Å². The summed E-state index contributed by atoms with van der Waals surface area (Å²) in [6.45, 7) is 0. The minimum Gasteiger partial charge on any atom is -0.480 e. The Kier molecular flexibility index (Phi) is 7.99. The Hall–Kier alpha value is -3.04. The zero-order chi connectivity index (χ0) is 24.1. The standard InChI is InChI=1S/C21H13Cl4N3O5/c1-32-20(18-14(22)3-2-4-15(18)23)27-21(29)26-11-9-16(24)19(17(25)10-11)33-13-7-5-12(6-8-13)28(30)31/h2-10H,1H3,(H,26,29)/b27-20-. The molecule has 0 bridgehead atoms. The summed E-state index contributed by atoms with van der Waals surface area (Å²) in [7, 11) is 1.32. The number of non-ortho nitro benzene ring substituents is 1. The first-order chi connectivity index (χ1) is 15.7. The maximum atomic E-state index is 12.4. The Morgan fingerprint density at radius 1 is 0.970 bits per heavy atom. The maximum absolute atomic E-state index is 12.4. The van der Waals surface area contributed by atoms with E-state index >= 15 is 0 Å². The van der Waals surface area contributed by atoms with E-state index in [1.807, 2.05) is 0 Å². The molecule has 33 heavy (non-hydrogen) atoms. The van der Waals surface area contributed by atoms with Crippen molar-refractivity contribution < 1.29 is 19.2 Å². The van der Waals surface area contributed by atoms with Crippen LogP contribution in [0.15, 0.2) is 59.6 Å². The molecular weight excluding hydrogens is 516 g/mol. The van der Waals surface area contributed by atoms with E-state index in [4.69, 9.17) is 55.9 Å². The van der Waals surface area contributed by atoms with Gasteiger partial charge in [-0.15, -0.1) is 0 Å². The van der Waals surface area contributed by atoms with Gasteiger partial charge >= 0.3 is 6.03 Å². The van der Waals surface area contributed by atoms with Gasteiger partial charge in [0, 0.05) is 17.8 Å². The van der Waals surface area contributed by atoms with E-state index in [1.54, 1.807) is 18.2 Å². The first-order valence-electron chi connectivity index (χ1n) is 8.99. The number of nitro groups is 1. The molecule has 0 aliphatic rings. The Labute approximate surface area is 207 Å². The van der Waals surface area contributed by atoms with Gasteiger partial charge in [0.2, 0.25) is 5.90 Å². The van der Waals surface area contributed by atoms with Crippen LogP contribution in [0.25, 0.3) is 0 Å². The average molecular weight is 529 g/mol. The van der Waals surface area contributed by atoms with Crippen molar-refractivity contribution in [3.63, 3.8) is 0 Å². The summed E-state index contributed by atoms with van der Waals surface area (Å²) in [5.74, 6) is 0.305. The van der Waals surface area contributed by atoms with Gasteiger partial charge in [0.25, 0.3) is 5.69 Å². The molecular formula is C21H13Cl4N3O5. The molecule has 3 aromatic carbocycles. The molecule has 0 heterocycles. The molecule has 3 aromatic rings. The molecule has 0 saturated carbocycles. The largest absolute Gasteiger partial charge is 0.480 e. The molecule has 0 atom stereocenters. The number of urea groups is 1. The third kappa shape index (κ3) is 6.06. The van der Waals surface area contributed by atoms with Crippen molar-refractivity contribution in [2.75, 3.05) is 12.4 Å². The summed E-state index contributed by atoms with van der Waals surface area (Å²) >= 11 is 24.8. The quantitative estimate of drug-likeness (QED) is 0.159. The van der Waals surface area contributed by atoms with Gasteiger partial charge in [0.1, 0.15) is 5.75 Å². The number of hydrogen-bond donors (Lipinski definition) is 1. The molecule has 170 valence electrons. The Morgan fingerprint density at radius 3 is 2.06 bits per heavy atom. The summed E-state index contributed by atoms with van der Waals surface area (Å²) in [6.07, 6.45) is 0. The molecule has 0 aliphatic heterocycles. The van der Waals surface area contributed by atoms with Crippen molar-refractivity contribution in [3.8, 4) is 11.5 Å². The Balaban J connectivity index is 1.80. The summed E-state index contributed by atoms with van der Waals surface area (Å²) in [6, 6.07) is 12.2. The van der Waals surface area contributed by atoms with Crippen molar-refractivity contribution in [3.05, 3.63) is 90.4 Å². The van der Waals surface area contributed by atoms with Gasteiger partial charge in [-0.25, -0.2) is 4.79 Å². The van der Waals surface area contributed by atoms with Crippen molar-refractivity contribution >= 4 is 69.7 Å². The molecule has 0 aromatic heterocycles. The second kappa shape index (κ2) is 10.7. The molecule has 0 fully saturated rings. The zero-order valence-corrected chi connectivity index (χ0v) is 19.7. The fraction of sp³-hybridized carbons (Fsp3) is 0.0476. The van der Waals surface area contributed by atoms with Crippen LogP contribution in [0.1, 0.15) is 5.56 Å². The highest BCUT2D eigenvalue weighted by Crippen LogP contribution is 2.39. The van der Waals surface area contributed by atoms with E-state index in [-0.39, 0.29) is 54.4 Å². The lowest BCUT2D eigenvalue weighted by atomic mass is 10.2. The SMILES string of the molecule is CO/C(=N\C(=O)Nc1cc(Cl)c(Oc2ccc([N+](=O)[O-])cc2)c(Cl)c1)c1c(Cl)cccc1Cl. The van der Waals surface area contributed by atoms with Crippen LogP contribution in [0.4, 0.5) is 16.2 Å². The summed E-state index contributed by atoms with van der Waals surface area (Å²) in [5.41, 5.74) is 0.406. The van der Waals surface area contributed by atoms with Crippen molar-refractivity contribution in [1.82, 2.24) is 0 Å². The number of nitro benzene ring substituents is 1. The fourth-order valence-corrected chi connectivity index (χ4v) is 3.76. The zero-order valence-electron chi connectivity index (χ0n) is 16.6. The number of benzene rings is 3. The highest BCUT2D eigenvalue weighted by molar-refractivity contribution is 6.40. The van der Waals surface area contributed by atoms with Crippen LogP contribution in [0.3, 0.4) is 0 Å². The van der Waals surface area contributed by atoms with E-state index in [2.05, 4.69) is 10.3 Å². The Morgan fingerprint density at radius 2 is 1.55 bits per heavy atom. The average Bonchev–Trinajstić information content (AvgIpc) is 2.75. The first-order valence-corrected chi connectivity index (χ1v) is 10.5. The maximum Gasteiger partial charge on any atom is 0.348 e. The fourth-order valence-electron chi connectivity index (χ4n) is 2.63. The van der Waals surface area contributed by atoms with Crippen molar-refractivity contribution in [2.45, 2.75) is 0 Å². The number of amides is 2. The third-order valence-electron chi connectivity index (χ3n) is 4.09. The van der Waals surface area contributed by atoms with Gasteiger partial charge in [0.05, 0.1) is 37.7 Å². The molecule has 0 saturated heterocycles. The number of hydrogen-bond acceptors (Lipinski definition) is 5. The first kappa shape index (κ1) is 24.6. The number of nitrogens with one attached hydrogen (secondary N) is 1. The molecule has 0 radical (unpaired) electrons. The highest BCUT2D eigenvalue weighted by Gasteiger charge is 2.17. The molecule has 0 unspecified atom stereocenters. The van der Waals surface area contributed by atoms with Crippen molar-refractivity contribution in [2.24, 2.45) is 4.99 Å². The highest BCUT2D eigenvalue weighted by atomic mass is 35.5. The molecule has 12 heteroatoms. The predicted octanol–water partition coefficient (Wildman–Crippen LogP) is 7.63. The third-order valence-corrected chi connectivity index (χ3v) is 5.28. The number of ether oxygens (including phenoxy) is 2. The van der Waals surface area contributed by atoms with Crippen LogP contribution < -0.4 is 10.1 Å². The lowest BCUT2D eigenvalue weighted by molar-refractivity contribution is -0.384. The molecule has 3 rings (SSSR count). The van der Waals surface area contributed by atoms with Crippen LogP contribution in [-0.4, -0.2) is 24.0 Å². The number of nitrogens with zero attached hydrogens (tertiary/aromatic N) is 2. The minimum absolute atomic E-state index is 0.0845. The van der Waals surface area contributed by atoms with Crippen LogP contribution >= 0.6 is 46.4 Å². The molecule has 2 amide bonds. The lowest BCUT2D eigenvalue weighted by Crippen LogP contribution is -2.13. The number of aliphatic imine (C=N–C) groups is 1. The van der Waals surface area contributed by atoms with Crippen molar-refractivity contribution in [1.29, 1.82) is 0 Å². The Bertz CT molecular complexity index is 1210. The van der Waals surface area contributed by atoms with Crippen LogP contribution in [-0.2, 0) is 4.74 Å². The van der Waals surface area contributed by atoms with E-state index in [9.17, 15) is 14.9 Å². The van der Waals surface area contributed by atoms with Gasteiger partial charge in [-0.05, 0) is 36.4 Å². The number of rotatable bonds is 5. The van der Waals surface area contributed by atoms with E-state index in [0.717, 1.165) is 0 Å². The second-order valence-electron chi connectivity index (χ2n) is 6.27. The number of carbonyl (C=O) groups is 1. The predicted molar refractivity (Wildman–Crippen MR) is 129 cm³/mol. The summed E-state index contributed by atoms with van der Waals surface area (Å²) in [4.78, 5) is 26.5. The molecule has 8 nitrogen and oxygen atoms in total. The van der Waals surface area contributed by atoms with E-state index in [1.165, 1.54) is 43.5 Å². The minimum atomic E-state index is -0.793. The number of carbonyl (C=O) groups excluding carboxylic acids is 1. The smallest absolute Gasteiger partial charge is 0.348 e. The summed E-state index contributed by atoms with van der Waals surface area (Å²) < 4.78 is 10.8. The normalized spacial score (nSPS) is 11.1. The van der Waals surface area contributed by atoms with Gasteiger partial charge in [-0.2, -0.15) is 4.99 Å². The van der Waals surface area contributed by atoms with Gasteiger partial charge in [0.15, 0.2) is 5.75 Å². The number of anilines is 1. The summed E-state index contributed by atoms with van der Waals surface area (Å²) in [5, 5.41) is 14.0. The van der Waals surface area contributed by atoms with E-state index in [0.29, 0.717) is 0 Å². The number of methoxy groups -OCH3 is 1. The number of halogens is 4. The van der Waals surface area contributed by atoms with E-state index < -0.39 is 11.0 Å². The van der Waals surface area contributed by atoms with Gasteiger partial charge in [-0.1, -0.05) is 52.5 Å². The topological polar surface area (TPSA) is 103 Å². The molecule has 0 aliphatic carbocycles. The lowest BCUT2D eigenvalue weighted by Gasteiger charge is -2.12. The van der Waals surface area contributed by atoms with Gasteiger partial charge < -0.3 is 14.8 Å². The molecule has 1 N–H and O–H groups in total. The second-order valence-corrected chi connectivity index (χ2v) is 7.90. The van der Waals surface area contributed by atoms with Crippen LogP contribution in [0.2, 0.25) is 20.1 Å².